The van der Waals surface area contributed by atoms with Crippen molar-refractivity contribution in [2.24, 2.45) is 5.92 Å². The van der Waals surface area contributed by atoms with E-state index >= 15 is 0 Å². The summed E-state index contributed by atoms with van der Waals surface area (Å²) < 4.78 is 5.27. The van der Waals surface area contributed by atoms with Crippen LogP contribution >= 0.6 is 0 Å². The van der Waals surface area contributed by atoms with Crippen molar-refractivity contribution < 1.29 is 9.63 Å². The molecule has 1 aromatic carbocycles. The Labute approximate surface area is 131 Å². The minimum atomic E-state index is -0.262. The SMILES string of the molecule is Cc1cc(C[C@@H]2CN(CCCc3ccccc3)C[C@H]2O)on1. The van der Waals surface area contributed by atoms with Crippen LogP contribution < -0.4 is 0 Å². The van der Waals surface area contributed by atoms with Crippen molar-refractivity contribution in [1.82, 2.24) is 10.1 Å². The Bertz CT molecular complexity index is 582. The van der Waals surface area contributed by atoms with Gasteiger partial charge in [0.2, 0.25) is 0 Å². The molecule has 4 heteroatoms. The zero-order chi connectivity index (χ0) is 15.4. The number of benzene rings is 1. The second-order valence-electron chi connectivity index (χ2n) is 6.31. The summed E-state index contributed by atoms with van der Waals surface area (Å²) in [6, 6.07) is 12.5. The Kier molecular flexibility index (Phi) is 4.90. The predicted molar refractivity (Wildman–Crippen MR) is 85.6 cm³/mol. The van der Waals surface area contributed by atoms with Crippen molar-refractivity contribution in [3.8, 4) is 0 Å². The van der Waals surface area contributed by atoms with Crippen molar-refractivity contribution in [3.05, 3.63) is 53.4 Å². The van der Waals surface area contributed by atoms with Gasteiger partial charge in [-0.15, -0.1) is 0 Å². The van der Waals surface area contributed by atoms with Crippen LogP contribution in [0.25, 0.3) is 0 Å². The summed E-state index contributed by atoms with van der Waals surface area (Å²) in [5.41, 5.74) is 2.29. The molecule has 3 rings (SSSR count). The molecule has 1 aromatic heterocycles. The number of aromatic nitrogens is 1. The Hall–Kier alpha value is -1.65. The fourth-order valence-corrected chi connectivity index (χ4v) is 3.25. The molecular weight excluding hydrogens is 276 g/mol. The number of hydrogen-bond acceptors (Lipinski definition) is 4. The number of rotatable bonds is 6. The first-order chi connectivity index (χ1) is 10.7. The number of aliphatic hydroxyl groups excluding tert-OH is 1. The fourth-order valence-electron chi connectivity index (χ4n) is 3.25. The summed E-state index contributed by atoms with van der Waals surface area (Å²) in [7, 11) is 0. The summed E-state index contributed by atoms with van der Waals surface area (Å²) in [6.07, 6.45) is 2.74. The van der Waals surface area contributed by atoms with Gasteiger partial charge >= 0.3 is 0 Å². The molecule has 0 amide bonds. The third kappa shape index (κ3) is 3.96. The molecule has 1 N–H and O–H groups in total. The van der Waals surface area contributed by atoms with Gasteiger partial charge in [-0.3, -0.25) is 0 Å². The average Bonchev–Trinajstić information content (AvgIpc) is 3.07. The Morgan fingerprint density at radius 3 is 2.82 bits per heavy atom. The van der Waals surface area contributed by atoms with Gasteiger partial charge in [-0.05, 0) is 31.9 Å². The third-order valence-electron chi connectivity index (χ3n) is 4.40. The first-order valence-corrected chi connectivity index (χ1v) is 8.07. The van der Waals surface area contributed by atoms with Crippen LogP contribution in [0.2, 0.25) is 0 Å². The first-order valence-electron chi connectivity index (χ1n) is 8.07. The first kappa shape index (κ1) is 15.3. The number of likely N-dealkylation sites (tertiary alicyclic amines) is 1. The molecule has 1 fully saturated rings. The maximum atomic E-state index is 10.2. The van der Waals surface area contributed by atoms with E-state index in [1.807, 2.05) is 13.0 Å². The molecule has 22 heavy (non-hydrogen) atoms. The molecule has 1 aliphatic heterocycles. The van der Waals surface area contributed by atoms with E-state index in [-0.39, 0.29) is 12.0 Å². The van der Waals surface area contributed by atoms with Gasteiger partial charge in [-0.2, -0.15) is 0 Å². The molecule has 0 saturated carbocycles. The van der Waals surface area contributed by atoms with Crippen LogP contribution in [-0.2, 0) is 12.8 Å². The lowest BCUT2D eigenvalue weighted by Gasteiger charge is -2.15. The Morgan fingerprint density at radius 2 is 2.09 bits per heavy atom. The zero-order valence-corrected chi connectivity index (χ0v) is 13.1. The highest BCUT2D eigenvalue weighted by atomic mass is 16.5. The van der Waals surface area contributed by atoms with Gasteiger partial charge in [0, 0.05) is 31.5 Å². The van der Waals surface area contributed by atoms with Gasteiger partial charge in [0.25, 0.3) is 0 Å². The number of nitrogens with zero attached hydrogens (tertiary/aromatic N) is 2. The number of aliphatic hydroxyl groups is 1. The van der Waals surface area contributed by atoms with E-state index in [1.54, 1.807) is 0 Å². The molecule has 118 valence electrons. The van der Waals surface area contributed by atoms with Gasteiger partial charge in [0.15, 0.2) is 0 Å². The van der Waals surface area contributed by atoms with Gasteiger partial charge in [-0.25, -0.2) is 0 Å². The van der Waals surface area contributed by atoms with Crippen LogP contribution in [0.5, 0.6) is 0 Å². The maximum absolute atomic E-state index is 10.2. The van der Waals surface area contributed by atoms with Crippen molar-refractivity contribution in [3.63, 3.8) is 0 Å². The molecule has 0 bridgehead atoms. The molecule has 2 heterocycles. The molecule has 1 aliphatic rings. The highest BCUT2D eigenvalue weighted by Gasteiger charge is 2.31. The standard InChI is InChI=1S/C18H24N2O2/c1-14-10-17(22-19-14)11-16-12-20(13-18(16)21)9-5-8-15-6-3-2-4-7-15/h2-4,6-7,10,16,18,21H,5,8-9,11-13H2,1H3/t16-,18-/m1/s1. The zero-order valence-electron chi connectivity index (χ0n) is 13.1. The molecule has 0 radical (unpaired) electrons. The second-order valence-corrected chi connectivity index (χ2v) is 6.31. The lowest BCUT2D eigenvalue weighted by Crippen LogP contribution is -2.23. The molecule has 2 aromatic rings. The van der Waals surface area contributed by atoms with Crippen LogP contribution in [0, 0.1) is 12.8 Å². The van der Waals surface area contributed by atoms with Crippen LogP contribution in [0.1, 0.15) is 23.4 Å². The quantitative estimate of drug-likeness (QED) is 0.890. The molecular formula is C18H24N2O2. The van der Waals surface area contributed by atoms with Crippen molar-refractivity contribution in [2.75, 3.05) is 19.6 Å². The average molecular weight is 300 g/mol. The van der Waals surface area contributed by atoms with E-state index in [0.29, 0.717) is 0 Å². The predicted octanol–water partition coefficient (Wildman–Crippen LogP) is 2.45. The lowest BCUT2D eigenvalue weighted by molar-refractivity contribution is 0.137. The van der Waals surface area contributed by atoms with Gasteiger partial charge in [0.1, 0.15) is 5.76 Å². The van der Waals surface area contributed by atoms with Gasteiger partial charge in [-0.1, -0.05) is 35.5 Å². The van der Waals surface area contributed by atoms with E-state index in [0.717, 1.165) is 50.4 Å². The topological polar surface area (TPSA) is 49.5 Å². The third-order valence-corrected chi connectivity index (χ3v) is 4.40. The highest BCUT2D eigenvalue weighted by Crippen LogP contribution is 2.22. The summed E-state index contributed by atoms with van der Waals surface area (Å²) in [6.45, 7) is 4.67. The number of hydrogen-bond donors (Lipinski definition) is 1. The van der Waals surface area contributed by atoms with Crippen LogP contribution in [0.3, 0.4) is 0 Å². The summed E-state index contributed by atoms with van der Waals surface area (Å²) in [5, 5.41) is 14.2. The van der Waals surface area contributed by atoms with E-state index in [2.05, 4.69) is 40.4 Å². The second kappa shape index (κ2) is 7.07. The largest absolute Gasteiger partial charge is 0.391 e. The van der Waals surface area contributed by atoms with Crippen LogP contribution in [-0.4, -0.2) is 40.9 Å². The summed E-state index contributed by atoms with van der Waals surface area (Å²) in [4.78, 5) is 2.36. The maximum Gasteiger partial charge on any atom is 0.137 e. The van der Waals surface area contributed by atoms with Crippen LogP contribution in [0.4, 0.5) is 0 Å². The highest BCUT2D eigenvalue weighted by molar-refractivity contribution is 5.14. The molecule has 0 unspecified atom stereocenters. The van der Waals surface area contributed by atoms with E-state index in [4.69, 9.17) is 4.52 Å². The normalized spacial score (nSPS) is 22.3. The van der Waals surface area contributed by atoms with Crippen molar-refractivity contribution in [2.45, 2.75) is 32.3 Å². The molecule has 1 saturated heterocycles. The van der Waals surface area contributed by atoms with Crippen LogP contribution in [0.15, 0.2) is 40.9 Å². The summed E-state index contributed by atoms with van der Waals surface area (Å²) in [5.74, 6) is 1.14. The van der Waals surface area contributed by atoms with E-state index in [9.17, 15) is 5.11 Å². The molecule has 2 atom stereocenters. The van der Waals surface area contributed by atoms with E-state index in [1.165, 1.54) is 5.56 Å². The number of aryl methyl sites for hydroxylation is 2. The van der Waals surface area contributed by atoms with E-state index < -0.39 is 0 Å². The van der Waals surface area contributed by atoms with Crippen molar-refractivity contribution in [1.29, 1.82) is 0 Å². The molecule has 0 spiro atoms. The monoisotopic (exact) mass is 300 g/mol. The minimum Gasteiger partial charge on any atom is -0.391 e. The van der Waals surface area contributed by atoms with Gasteiger partial charge in [0.05, 0.1) is 11.8 Å². The Balaban J connectivity index is 1.44. The smallest absolute Gasteiger partial charge is 0.137 e. The molecule has 4 nitrogen and oxygen atoms in total. The molecule has 0 aliphatic carbocycles. The Morgan fingerprint density at radius 1 is 1.27 bits per heavy atom. The fraction of sp³-hybridized carbons (Fsp3) is 0.500. The van der Waals surface area contributed by atoms with Crippen molar-refractivity contribution >= 4 is 0 Å². The van der Waals surface area contributed by atoms with Gasteiger partial charge < -0.3 is 14.5 Å². The number of β-amino-alcohol motifs (C(OH)–C–C–N with tert-alkyl or cyclic N) is 1. The minimum absolute atomic E-state index is 0.254. The summed E-state index contributed by atoms with van der Waals surface area (Å²) >= 11 is 0. The lowest BCUT2D eigenvalue weighted by atomic mass is 10.0.